The highest BCUT2D eigenvalue weighted by atomic mass is 19.1. The molecule has 3 rings (SSSR count). The van der Waals surface area contributed by atoms with Gasteiger partial charge in [0.1, 0.15) is 5.69 Å². The maximum absolute atomic E-state index is 13.9. The van der Waals surface area contributed by atoms with Crippen LogP contribution in [-0.4, -0.2) is 16.3 Å². The van der Waals surface area contributed by atoms with Crippen LogP contribution in [0, 0.1) is 11.6 Å². The molecular formula is C15H17F2N3. The summed E-state index contributed by atoms with van der Waals surface area (Å²) in [6.45, 7) is 0.614. The van der Waals surface area contributed by atoms with E-state index >= 15 is 0 Å². The number of nitrogens with two attached hydrogens (primary N) is 1. The van der Waals surface area contributed by atoms with Crippen molar-refractivity contribution in [2.45, 2.75) is 31.6 Å². The van der Waals surface area contributed by atoms with Crippen LogP contribution in [-0.2, 0) is 6.42 Å². The molecule has 1 aromatic carbocycles. The standard InChI is InChI=1S/C15H17F2N3/c16-12-4-2-5-13(17)15(12)20-14-6-1-3-10(7-8-18)11(14)9-19-20/h2,4-5,9-10H,1,3,6-8,18H2. The van der Waals surface area contributed by atoms with Gasteiger partial charge >= 0.3 is 0 Å². The van der Waals surface area contributed by atoms with E-state index in [4.69, 9.17) is 5.73 Å². The van der Waals surface area contributed by atoms with Gasteiger partial charge in [0.25, 0.3) is 0 Å². The van der Waals surface area contributed by atoms with Gasteiger partial charge < -0.3 is 5.73 Å². The molecule has 106 valence electrons. The maximum atomic E-state index is 13.9. The van der Waals surface area contributed by atoms with E-state index in [2.05, 4.69) is 5.10 Å². The van der Waals surface area contributed by atoms with E-state index in [1.807, 2.05) is 0 Å². The van der Waals surface area contributed by atoms with E-state index < -0.39 is 11.6 Å². The highest BCUT2D eigenvalue weighted by molar-refractivity contribution is 5.39. The van der Waals surface area contributed by atoms with Gasteiger partial charge in [-0.15, -0.1) is 0 Å². The fourth-order valence-corrected chi connectivity index (χ4v) is 3.03. The summed E-state index contributed by atoms with van der Waals surface area (Å²) in [6.07, 6.45) is 5.48. The molecule has 5 heteroatoms. The summed E-state index contributed by atoms with van der Waals surface area (Å²) in [7, 11) is 0. The Kier molecular flexibility index (Phi) is 3.53. The molecule has 0 saturated heterocycles. The van der Waals surface area contributed by atoms with Gasteiger partial charge in [-0.05, 0) is 55.8 Å². The van der Waals surface area contributed by atoms with Crippen molar-refractivity contribution in [2.75, 3.05) is 6.54 Å². The first-order chi connectivity index (χ1) is 9.72. The number of halogens is 2. The highest BCUT2D eigenvalue weighted by Crippen LogP contribution is 2.35. The summed E-state index contributed by atoms with van der Waals surface area (Å²) in [6, 6.07) is 3.88. The zero-order valence-corrected chi connectivity index (χ0v) is 11.1. The van der Waals surface area contributed by atoms with Gasteiger partial charge in [-0.3, -0.25) is 0 Å². The molecule has 1 atom stereocenters. The Bertz CT molecular complexity index is 601. The van der Waals surface area contributed by atoms with Crippen LogP contribution in [0.3, 0.4) is 0 Å². The van der Waals surface area contributed by atoms with Gasteiger partial charge in [0, 0.05) is 5.69 Å². The fourth-order valence-electron chi connectivity index (χ4n) is 3.03. The number of benzene rings is 1. The lowest BCUT2D eigenvalue weighted by molar-refractivity contribution is 0.509. The van der Waals surface area contributed by atoms with Crippen molar-refractivity contribution in [1.82, 2.24) is 9.78 Å². The highest BCUT2D eigenvalue weighted by Gasteiger charge is 2.26. The minimum Gasteiger partial charge on any atom is -0.330 e. The predicted molar refractivity (Wildman–Crippen MR) is 72.8 cm³/mol. The molecule has 1 aliphatic rings. The molecule has 0 bridgehead atoms. The Morgan fingerprint density at radius 3 is 2.75 bits per heavy atom. The van der Waals surface area contributed by atoms with Crippen molar-refractivity contribution in [1.29, 1.82) is 0 Å². The first-order valence-corrected chi connectivity index (χ1v) is 6.93. The Labute approximate surface area is 116 Å². The monoisotopic (exact) mass is 277 g/mol. The number of fused-ring (bicyclic) bond motifs is 1. The predicted octanol–water partition coefficient (Wildman–Crippen LogP) is 2.92. The molecule has 1 aliphatic carbocycles. The quantitative estimate of drug-likeness (QED) is 0.937. The molecule has 0 radical (unpaired) electrons. The topological polar surface area (TPSA) is 43.8 Å². The molecule has 1 aromatic heterocycles. The summed E-state index contributed by atoms with van der Waals surface area (Å²) in [5.74, 6) is -0.818. The Hall–Kier alpha value is -1.75. The number of hydrogen-bond acceptors (Lipinski definition) is 2. The molecule has 0 aliphatic heterocycles. The molecule has 0 saturated carbocycles. The summed E-state index contributed by atoms with van der Waals surface area (Å²) in [5.41, 5.74) is 7.56. The zero-order valence-electron chi connectivity index (χ0n) is 11.1. The van der Waals surface area contributed by atoms with Crippen molar-refractivity contribution in [3.63, 3.8) is 0 Å². The Balaban J connectivity index is 2.09. The molecule has 2 aromatic rings. The number of nitrogens with zero attached hydrogens (tertiary/aromatic N) is 2. The Morgan fingerprint density at radius 2 is 2.05 bits per heavy atom. The van der Waals surface area contributed by atoms with Gasteiger partial charge in [0.05, 0.1) is 6.20 Å². The van der Waals surface area contributed by atoms with E-state index in [9.17, 15) is 8.78 Å². The fraction of sp³-hybridized carbons (Fsp3) is 0.400. The number of rotatable bonds is 3. The van der Waals surface area contributed by atoms with Crippen LogP contribution in [0.25, 0.3) is 5.69 Å². The zero-order chi connectivity index (χ0) is 14.1. The molecule has 0 spiro atoms. The van der Waals surface area contributed by atoms with Crippen molar-refractivity contribution >= 4 is 0 Å². The molecule has 0 fully saturated rings. The second-order valence-electron chi connectivity index (χ2n) is 5.20. The van der Waals surface area contributed by atoms with Crippen LogP contribution >= 0.6 is 0 Å². The molecule has 1 heterocycles. The van der Waals surface area contributed by atoms with Gasteiger partial charge in [0.15, 0.2) is 11.6 Å². The lowest BCUT2D eigenvalue weighted by atomic mass is 9.85. The third kappa shape index (κ3) is 2.12. The largest absolute Gasteiger partial charge is 0.330 e. The lowest BCUT2D eigenvalue weighted by Gasteiger charge is -2.22. The van der Waals surface area contributed by atoms with Gasteiger partial charge in [-0.25, -0.2) is 13.5 Å². The van der Waals surface area contributed by atoms with E-state index in [0.717, 1.165) is 36.9 Å². The van der Waals surface area contributed by atoms with Crippen LogP contribution in [0.4, 0.5) is 8.78 Å². The smallest absolute Gasteiger partial charge is 0.151 e. The third-order valence-corrected chi connectivity index (χ3v) is 3.97. The molecule has 0 amide bonds. The van der Waals surface area contributed by atoms with Crippen LogP contribution in [0.15, 0.2) is 24.4 Å². The average Bonchev–Trinajstić information content (AvgIpc) is 2.84. The molecular weight excluding hydrogens is 260 g/mol. The lowest BCUT2D eigenvalue weighted by Crippen LogP contribution is -2.16. The van der Waals surface area contributed by atoms with E-state index in [1.54, 1.807) is 6.20 Å². The number of aromatic nitrogens is 2. The van der Waals surface area contributed by atoms with Crippen LogP contribution in [0.2, 0.25) is 0 Å². The van der Waals surface area contributed by atoms with Gasteiger partial charge in [-0.1, -0.05) is 6.07 Å². The van der Waals surface area contributed by atoms with Gasteiger partial charge in [-0.2, -0.15) is 5.10 Å². The first-order valence-electron chi connectivity index (χ1n) is 6.93. The first kappa shape index (κ1) is 13.2. The maximum Gasteiger partial charge on any atom is 0.151 e. The van der Waals surface area contributed by atoms with Crippen molar-refractivity contribution in [2.24, 2.45) is 5.73 Å². The van der Waals surface area contributed by atoms with Crippen molar-refractivity contribution in [3.8, 4) is 5.69 Å². The van der Waals surface area contributed by atoms with Crippen LogP contribution in [0.1, 0.15) is 36.4 Å². The number of hydrogen-bond donors (Lipinski definition) is 1. The third-order valence-electron chi connectivity index (χ3n) is 3.97. The second-order valence-corrected chi connectivity index (χ2v) is 5.20. The second kappa shape index (κ2) is 5.32. The molecule has 3 nitrogen and oxygen atoms in total. The number of para-hydroxylation sites is 1. The van der Waals surface area contributed by atoms with Gasteiger partial charge in [0.2, 0.25) is 0 Å². The summed E-state index contributed by atoms with van der Waals surface area (Å²) in [4.78, 5) is 0. The van der Waals surface area contributed by atoms with E-state index in [1.165, 1.54) is 22.9 Å². The molecule has 20 heavy (non-hydrogen) atoms. The Morgan fingerprint density at radius 1 is 1.30 bits per heavy atom. The van der Waals surface area contributed by atoms with Crippen molar-refractivity contribution < 1.29 is 8.78 Å². The van der Waals surface area contributed by atoms with Crippen molar-refractivity contribution in [3.05, 3.63) is 47.3 Å². The average molecular weight is 277 g/mol. The minimum absolute atomic E-state index is 0.0813. The van der Waals surface area contributed by atoms with Crippen LogP contribution < -0.4 is 5.73 Å². The van der Waals surface area contributed by atoms with E-state index in [0.29, 0.717) is 12.5 Å². The normalized spacial score (nSPS) is 18.1. The summed E-state index contributed by atoms with van der Waals surface area (Å²) >= 11 is 0. The summed E-state index contributed by atoms with van der Waals surface area (Å²) in [5, 5.41) is 4.22. The minimum atomic E-state index is -0.586. The molecule has 1 unspecified atom stereocenters. The summed E-state index contributed by atoms with van der Waals surface area (Å²) < 4.78 is 29.2. The molecule has 2 N–H and O–H groups in total. The van der Waals surface area contributed by atoms with E-state index in [-0.39, 0.29) is 5.69 Å². The van der Waals surface area contributed by atoms with Crippen LogP contribution in [0.5, 0.6) is 0 Å². The SMILES string of the molecule is NCCC1CCCc2c1cnn2-c1c(F)cccc1F.